The number of carbonyl (C=O) groups is 2. The molecule has 5 nitrogen and oxygen atoms in total. The van der Waals surface area contributed by atoms with Crippen molar-refractivity contribution in [1.29, 1.82) is 5.26 Å². The van der Waals surface area contributed by atoms with Crippen molar-refractivity contribution in [2.24, 2.45) is 0 Å². The minimum absolute atomic E-state index is 0.0279. The van der Waals surface area contributed by atoms with E-state index in [1.54, 1.807) is 24.3 Å². The summed E-state index contributed by atoms with van der Waals surface area (Å²) in [5, 5.41) is 23.8. The summed E-state index contributed by atoms with van der Waals surface area (Å²) < 4.78 is 29.4. The quantitative estimate of drug-likeness (QED) is 0.206. The van der Waals surface area contributed by atoms with Gasteiger partial charge >= 0.3 is 5.97 Å². The smallest absolute Gasteiger partial charge is 0.305 e. The molecule has 0 aliphatic heterocycles. The highest BCUT2D eigenvalue weighted by Crippen LogP contribution is 2.46. The number of hydrogen-bond acceptors (Lipinski definition) is 4. The Morgan fingerprint density at radius 3 is 2.38 bits per heavy atom. The van der Waals surface area contributed by atoms with Crippen molar-refractivity contribution >= 4 is 44.9 Å². The Balaban J connectivity index is 1.80. The van der Waals surface area contributed by atoms with Crippen LogP contribution in [0.2, 0.25) is 5.02 Å². The highest BCUT2D eigenvalue weighted by molar-refractivity contribution is 7.17. The lowest BCUT2D eigenvalue weighted by atomic mass is 9.75. The summed E-state index contributed by atoms with van der Waals surface area (Å²) in [6, 6.07) is 17.5. The molecular weight excluding hydrogens is 542 g/mol. The number of benzene rings is 3. The summed E-state index contributed by atoms with van der Waals surface area (Å²) in [5.41, 5.74) is 2.75. The van der Waals surface area contributed by atoms with Gasteiger partial charge in [0.05, 0.1) is 11.1 Å². The first kappa shape index (κ1) is 28.2. The van der Waals surface area contributed by atoms with Crippen LogP contribution in [0.4, 0.5) is 8.78 Å². The van der Waals surface area contributed by atoms with Crippen LogP contribution in [0.15, 0.2) is 60.0 Å². The first-order valence-corrected chi connectivity index (χ1v) is 13.7. The molecule has 0 fully saturated rings. The second-order valence-corrected chi connectivity index (χ2v) is 10.5. The molecule has 3 aromatic carbocycles. The number of halogens is 3. The van der Waals surface area contributed by atoms with Crippen LogP contribution in [0, 0.1) is 23.0 Å². The van der Waals surface area contributed by atoms with Crippen LogP contribution >= 0.6 is 22.9 Å². The largest absolute Gasteiger partial charge is 0.481 e. The molecule has 1 heterocycles. The number of carboxylic acids is 1. The van der Waals surface area contributed by atoms with E-state index in [1.165, 1.54) is 11.3 Å². The van der Waals surface area contributed by atoms with Crippen LogP contribution in [0.5, 0.6) is 0 Å². The standard InChI is InChI=1S/C30H25ClF2N2O3S/c1-2-3-21(17-4-6-19(7-5-17)30(38)35-13-12-26(36)37)27(18-8-10-20(31)11-9-18)24-16-39-29-22(24)14-25(32)28(33)23(29)15-34/h4-11,14,16,21,27H,2-3,12-13H2,1H3,(H,35,38)(H,36,37). The second-order valence-electron chi connectivity index (χ2n) is 9.17. The lowest BCUT2D eigenvalue weighted by Crippen LogP contribution is -2.26. The highest BCUT2D eigenvalue weighted by Gasteiger charge is 2.30. The van der Waals surface area contributed by atoms with Gasteiger partial charge in [0.15, 0.2) is 11.6 Å². The minimum atomic E-state index is -1.15. The van der Waals surface area contributed by atoms with Gasteiger partial charge in [-0.2, -0.15) is 5.26 Å². The number of rotatable bonds is 10. The topological polar surface area (TPSA) is 90.2 Å². The third kappa shape index (κ3) is 6.11. The van der Waals surface area contributed by atoms with Gasteiger partial charge in [0.2, 0.25) is 0 Å². The molecule has 2 atom stereocenters. The zero-order chi connectivity index (χ0) is 28.1. The van der Waals surface area contributed by atoms with Gasteiger partial charge in [0, 0.05) is 28.4 Å². The van der Waals surface area contributed by atoms with Crippen molar-refractivity contribution < 1.29 is 23.5 Å². The van der Waals surface area contributed by atoms with E-state index in [0.29, 0.717) is 20.7 Å². The van der Waals surface area contributed by atoms with Gasteiger partial charge in [-0.3, -0.25) is 9.59 Å². The van der Waals surface area contributed by atoms with E-state index in [0.717, 1.165) is 35.6 Å². The van der Waals surface area contributed by atoms with Gasteiger partial charge in [-0.25, -0.2) is 8.78 Å². The van der Waals surface area contributed by atoms with Crippen molar-refractivity contribution in [3.8, 4) is 6.07 Å². The van der Waals surface area contributed by atoms with Crippen LogP contribution in [-0.2, 0) is 4.79 Å². The monoisotopic (exact) mass is 566 g/mol. The Morgan fingerprint density at radius 2 is 1.77 bits per heavy atom. The number of carbonyl (C=O) groups excluding carboxylic acids is 1. The lowest BCUT2D eigenvalue weighted by molar-refractivity contribution is -0.136. The number of aliphatic carboxylic acids is 1. The fourth-order valence-corrected chi connectivity index (χ4v) is 6.08. The summed E-state index contributed by atoms with van der Waals surface area (Å²) in [7, 11) is 0. The van der Waals surface area contributed by atoms with Crippen molar-refractivity contribution in [3.05, 3.63) is 104 Å². The maximum Gasteiger partial charge on any atom is 0.305 e. The predicted octanol–water partition coefficient (Wildman–Crippen LogP) is 7.62. The van der Waals surface area contributed by atoms with Crippen LogP contribution in [0.3, 0.4) is 0 Å². The molecule has 0 aliphatic rings. The molecule has 0 bridgehead atoms. The molecule has 0 spiro atoms. The van der Waals surface area contributed by atoms with Crippen LogP contribution in [-0.4, -0.2) is 23.5 Å². The van der Waals surface area contributed by atoms with Gasteiger partial charge in [0.25, 0.3) is 5.91 Å². The molecule has 39 heavy (non-hydrogen) atoms. The van der Waals surface area contributed by atoms with Gasteiger partial charge in [-0.05, 0) is 64.7 Å². The summed E-state index contributed by atoms with van der Waals surface area (Å²) >= 11 is 7.39. The zero-order valence-electron chi connectivity index (χ0n) is 21.0. The van der Waals surface area contributed by atoms with Gasteiger partial charge < -0.3 is 10.4 Å². The molecule has 0 saturated heterocycles. The molecule has 1 amide bonds. The molecule has 4 aromatic rings. The Bertz CT molecular complexity index is 1550. The first-order valence-electron chi connectivity index (χ1n) is 12.4. The number of amides is 1. The van der Waals surface area contributed by atoms with E-state index in [4.69, 9.17) is 16.7 Å². The van der Waals surface area contributed by atoms with Crippen molar-refractivity contribution in [1.82, 2.24) is 5.32 Å². The average molecular weight is 567 g/mol. The molecule has 0 aliphatic carbocycles. The maximum atomic E-state index is 14.6. The van der Waals surface area contributed by atoms with Crippen LogP contribution < -0.4 is 5.32 Å². The lowest BCUT2D eigenvalue weighted by Gasteiger charge is -2.29. The number of nitrogens with zero attached hydrogens (tertiary/aromatic N) is 1. The molecule has 2 unspecified atom stereocenters. The molecule has 2 N–H and O–H groups in total. The summed E-state index contributed by atoms with van der Waals surface area (Å²) in [6.45, 7) is 2.09. The number of thiophene rings is 1. The highest BCUT2D eigenvalue weighted by atomic mass is 35.5. The molecule has 0 radical (unpaired) electrons. The number of nitriles is 1. The summed E-state index contributed by atoms with van der Waals surface area (Å²) in [6.07, 6.45) is 1.42. The number of fused-ring (bicyclic) bond motifs is 1. The van der Waals surface area contributed by atoms with E-state index in [9.17, 15) is 23.6 Å². The van der Waals surface area contributed by atoms with Gasteiger partial charge in [0.1, 0.15) is 11.6 Å². The van der Waals surface area contributed by atoms with E-state index >= 15 is 0 Å². The molecule has 4 rings (SSSR count). The van der Waals surface area contributed by atoms with Gasteiger partial charge in [-0.15, -0.1) is 11.3 Å². The normalized spacial score (nSPS) is 12.6. The third-order valence-corrected chi connectivity index (χ3v) is 7.97. The fourth-order valence-electron chi connectivity index (χ4n) is 4.88. The Hall–Kier alpha value is -3.80. The molecule has 9 heteroatoms. The Labute approximate surface area is 233 Å². The SMILES string of the molecule is CCCC(c1ccc(C(=O)NCCC(=O)O)cc1)C(c1ccc(Cl)cc1)c1csc2c(C#N)c(F)c(F)cc12. The molecule has 1 aromatic heterocycles. The van der Waals surface area contributed by atoms with Crippen molar-refractivity contribution in [3.63, 3.8) is 0 Å². The second kappa shape index (κ2) is 12.4. The average Bonchev–Trinajstić information content (AvgIpc) is 3.32. The first-order chi connectivity index (χ1) is 18.7. The van der Waals surface area contributed by atoms with E-state index < -0.39 is 17.6 Å². The van der Waals surface area contributed by atoms with Crippen LogP contribution in [0.25, 0.3) is 10.1 Å². The Morgan fingerprint density at radius 1 is 1.10 bits per heavy atom. The van der Waals surface area contributed by atoms with Crippen molar-refractivity contribution in [2.45, 2.75) is 38.0 Å². The summed E-state index contributed by atoms with van der Waals surface area (Å²) in [5.74, 6) is -3.96. The van der Waals surface area contributed by atoms with E-state index in [-0.39, 0.29) is 36.3 Å². The van der Waals surface area contributed by atoms with Crippen LogP contribution in [0.1, 0.15) is 70.6 Å². The van der Waals surface area contributed by atoms with E-state index in [2.05, 4.69) is 12.2 Å². The number of carboxylic acid groups (broad SMARTS) is 1. The van der Waals surface area contributed by atoms with Crippen molar-refractivity contribution in [2.75, 3.05) is 6.54 Å². The maximum absolute atomic E-state index is 14.6. The molecule has 200 valence electrons. The predicted molar refractivity (Wildman–Crippen MR) is 148 cm³/mol. The van der Waals surface area contributed by atoms with Gasteiger partial charge in [-0.1, -0.05) is 49.2 Å². The van der Waals surface area contributed by atoms with E-state index in [1.807, 2.05) is 35.7 Å². The molecular formula is C30H25ClF2N2O3S. The minimum Gasteiger partial charge on any atom is -0.481 e. The number of hydrogen-bond donors (Lipinski definition) is 2. The number of nitrogens with one attached hydrogen (secondary N) is 1. The Kier molecular flexibility index (Phi) is 8.95. The fraction of sp³-hybridized carbons (Fsp3) is 0.233. The molecule has 0 saturated carbocycles. The zero-order valence-corrected chi connectivity index (χ0v) is 22.6. The summed E-state index contributed by atoms with van der Waals surface area (Å²) in [4.78, 5) is 23.2. The third-order valence-electron chi connectivity index (χ3n) is 6.69.